The van der Waals surface area contributed by atoms with Gasteiger partial charge in [0.1, 0.15) is 0 Å². The molecule has 0 saturated heterocycles. The van der Waals surface area contributed by atoms with E-state index in [2.05, 4.69) is 15.9 Å². The summed E-state index contributed by atoms with van der Waals surface area (Å²) in [5.74, 6) is -0.894. The Morgan fingerprint density at radius 2 is 2.14 bits per heavy atom. The number of allylic oxidation sites excluding steroid dienone is 1. The smallest absolute Gasteiger partial charge is 0.328 e. The molecule has 1 rings (SSSR count). The van der Waals surface area contributed by atoms with Crippen LogP contribution in [0.3, 0.4) is 0 Å². The molecular weight excluding hydrogens is 244 g/mol. The highest BCUT2D eigenvalue weighted by atomic mass is 79.9. The second-order valence-electron chi connectivity index (χ2n) is 3.10. The number of aliphatic carboxylic acids is 1. The average molecular weight is 255 g/mol. The van der Waals surface area contributed by atoms with E-state index in [0.29, 0.717) is 6.42 Å². The lowest BCUT2D eigenvalue weighted by atomic mass is 10.1. The minimum Gasteiger partial charge on any atom is -0.478 e. The van der Waals surface area contributed by atoms with Crippen LogP contribution in [0, 0.1) is 0 Å². The zero-order chi connectivity index (χ0) is 10.6. The Kier molecular flexibility index (Phi) is 3.89. The Morgan fingerprint density at radius 1 is 1.50 bits per heavy atom. The normalized spacial score (nSPS) is 11.4. The molecular formula is C11H11BrO2. The Morgan fingerprint density at radius 3 is 2.71 bits per heavy atom. The maximum atomic E-state index is 10.4. The van der Waals surface area contributed by atoms with Crippen molar-refractivity contribution < 1.29 is 9.90 Å². The van der Waals surface area contributed by atoms with E-state index < -0.39 is 5.97 Å². The Hall–Kier alpha value is -1.09. The molecule has 1 aromatic carbocycles. The van der Waals surface area contributed by atoms with Gasteiger partial charge in [0.15, 0.2) is 0 Å². The van der Waals surface area contributed by atoms with Gasteiger partial charge in [-0.1, -0.05) is 39.7 Å². The van der Waals surface area contributed by atoms with Crippen LogP contribution in [0.25, 0.3) is 0 Å². The molecule has 1 N–H and O–H groups in total. The topological polar surface area (TPSA) is 37.3 Å². The standard InChI is InChI=1S/C11H11BrO2/c1-8(7-11(13)14)6-9-4-2-3-5-10(9)12/h2-5,7H,6H2,1H3,(H,13,14)/b8-7+. The van der Waals surface area contributed by atoms with Gasteiger partial charge in [0.2, 0.25) is 0 Å². The fourth-order valence-corrected chi connectivity index (χ4v) is 1.63. The highest BCUT2D eigenvalue weighted by Gasteiger charge is 2.00. The van der Waals surface area contributed by atoms with Crippen LogP contribution in [-0.4, -0.2) is 11.1 Å². The van der Waals surface area contributed by atoms with Crippen molar-refractivity contribution in [2.24, 2.45) is 0 Å². The van der Waals surface area contributed by atoms with E-state index in [1.165, 1.54) is 6.08 Å². The van der Waals surface area contributed by atoms with Gasteiger partial charge in [-0.25, -0.2) is 4.79 Å². The van der Waals surface area contributed by atoms with Crippen molar-refractivity contribution >= 4 is 21.9 Å². The molecule has 0 aliphatic carbocycles. The molecule has 0 bridgehead atoms. The number of hydrogen-bond donors (Lipinski definition) is 1. The Bertz CT molecular complexity index is 369. The molecule has 0 saturated carbocycles. The summed E-state index contributed by atoms with van der Waals surface area (Å²) in [6.45, 7) is 1.81. The summed E-state index contributed by atoms with van der Waals surface area (Å²) in [4.78, 5) is 10.4. The lowest BCUT2D eigenvalue weighted by Gasteiger charge is -2.03. The van der Waals surface area contributed by atoms with Gasteiger partial charge in [-0.05, 0) is 25.0 Å². The van der Waals surface area contributed by atoms with Crippen molar-refractivity contribution in [3.63, 3.8) is 0 Å². The second kappa shape index (κ2) is 4.96. The molecule has 0 aliphatic rings. The SMILES string of the molecule is C/C(=C\C(=O)O)Cc1ccccc1Br. The number of carbonyl (C=O) groups is 1. The third-order valence-electron chi connectivity index (χ3n) is 1.80. The Balaban J connectivity index is 2.79. The number of carboxylic acid groups (broad SMARTS) is 1. The summed E-state index contributed by atoms with van der Waals surface area (Å²) < 4.78 is 1.01. The third-order valence-corrected chi connectivity index (χ3v) is 2.57. The van der Waals surface area contributed by atoms with E-state index in [1.807, 2.05) is 31.2 Å². The number of carboxylic acids is 1. The maximum absolute atomic E-state index is 10.4. The highest BCUT2D eigenvalue weighted by Crippen LogP contribution is 2.18. The van der Waals surface area contributed by atoms with Crippen LogP contribution < -0.4 is 0 Å². The molecule has 0 heterocycles. The summed E-state index contributed by atoms with van der Waals surface area (Å²) in [5, 5.41) is 8.54. The van der Waals surface area contributed by atoms with Gasteiger partial charge < -0.3 is 5.11 Å². The van der Waals surface area contributed by atoms with Gasteiger partial charge in [0.25, 0.3) is 0 Å². The molecule has 0 unspecified atom stereocenters. The molecule has 14 heavy (non-hydrogen) atoms. The number of halogens is 1. The molecule has 0 spiro atoms. The number of hydrogen-bond acceptors (Lipinski definition) is 1. The van der Waals surface area contributed by atoms with E-state index in [4.69, 9.17) is 5.11 Å². The third kappa shape index (κ3) is 3.34. The quantitative estimate of drug-likeness (QED) is 0.843. The summed E-state index contributed by atoms with van der Waals surface area (Å²) in [6.07, 6.45) is 1.90. The van der Waals surface area contributed by atoms with Crippen molar-refractivity contribution in [1.82, 2.24) is 0 Å². The first-order valence-electron chi connectivity index (χ1n) is 4.23. The van der Waals surface area contributed by atoms with Crippen molar-refractivity contribution in [3.8, 4) is 0 Å². The molecule has 0 atom stereocenters. The summed E-state index contributed by atoms with van der Waals surface area (Å²) in [7, 11) is 0. The summed E-state index contributed by atoms with van der Waals surface area (Å²) in [6, 6.07) is 7.80. The predicted octanol–water partition coefficient (Wildman–Crippen LogP) is 3.02. The predicted molar refractivity (Wildman–Crippen MR) is 59.2 cm³/mol. The molecule has 0 radical (unpaired) electrons. The molecule has 0 aliphatic heterocycles. The summed E-state index contributed by atoms with van der Waals surface area (Å²) >= 11 is 3.42. The van der Waals surface area contributed by atoms with Crippen molar-refractivity contribution in [3.05, 3.63) is 46.0 Å². The second-order valence-corrected chi connectivity index (χ2v) is 3.95. The first-order chi connectivity index (χ1) is 6.59. The van der Waals surface area contributed by atoms with Crippen LogP contribution in [0.2, 0.25) is 0 Å². The van der Waals surface area contributed by atoms with Crippen LogP contribution in [0.1, 0.15) is 12.5 Å². The Labute approximate surface area is 91.4 Å². The highest BCUT2D eigenvalue weighted by molar-refractivity contribution is 9.10. The first-order valence-corrected chi connectivity index (χ1v) is 5.02. The zero-order valence-corrected chi connectivity index (χ0v) is 9.41. The van der Waals surface area contributed by atoms with Crippen LogP contribution in [0.15, 0.2) is 40.4 Å². The fraction of sp³-hybridized carbons (Fsp3) is 0.182. The lowest BCUT2D eigenvalue weighted by molar-refractivity contribution is -0.131. The van der Waals surface area contributed by atoms with Crippen LogP contribution in [0.5, 0.6) is 0 Å². The molecule has 0 amide bonds. The zero-order valence-electron chi connectivity index (χ0n) is 7.83. The molecule has 0 aromatic heterocycles. The molecule has 0 fully saturated rings. The monoisotopic (exact) mass is 254 g/mol. The van der Waals surface area contributed by atoms with Gasteiger partial charge in [0, 0.05) is 10.5 Å². The van der Waals surface area contributed by atoms with Gasteiger partial charge in [-0.3, -0.25) is 0 Å². The number of benzene rings is 1. The largest absolute Gasteiger partial charge is 0.478 e. The van der Waals surface area contributed by atoms with Crippen LogP contribution >= 0.6 is 15.9 Å². The van der Waals surface area contributed by atoms with E-state index in [1.54, 1.807) is 0 Å². The van der Waals surface area contributed by atoms with Crippen LogP contribution in [-0.2, 0) is 11.2 Å². The van der Waals surface area contributed by atoms with E-state index in [0.717, 1.165) is 15.6 Å². The molecule has 2 nitrogen and oxygen atoms in total. The van der Waals surface area contributed by atoms with Crippen molar-refractivity contribution in [2.45, 2.75) is 13.3 Å². The summed E-state index contributed by atoms with van der Waals surface area (Å²) in [5.41, 5.74) is 1.94. The van der Waals surface area contributed by atoms with E-state index in [9.17, 15) is 4.79 Å². The lowest BCUT2D eigenvalue weighted by Crippen LogP contribution is -1.93. The van der Waals surface area contributed by atoms with Crippen molar-refractivity contribution in [2.75, 3.05) is 0 Å². The minimum atomic E-state index is -0.894. The van der Waals surface area contributed by atoms with E-state index >= 15 is 0 Å². The minimum absolute atomic E-state index is 0.660. The molecule has 1 aromatic rings. The maximum Gasteiger partial charge on any atom is 0.328 e. The number of rotatable bonds is 3. The molecule has 3 heteroatoms. The molecule has 74 valence electrons. The van der Waals surface area contributed by atoms with Gasteiger partial charge >= 0.3 is 5.97 Å². The van der Waals surface area contributed by atoms with Gasteiger partial charge in [-0.15, -0.1) is 0 Å². The van der Waals surface area contributed by atoms with E-state index in [-0.39, 0.29) is 0 Å². The van der Waals surface area contributed by atoms with Crippen molar-refractivity contribution in [1.29, 1.82) is 0 Å². The van der Waals surface area contributed by atoms with Gasteiger partial charge in [0.05, 0.1) is 0 Å². The fourth-order valence-electron chi connectivity index (χ4n) is 1.20. The first kappa shape index (κ1) is 11.0. The van der Waals surface area contributed by atoms with Gasteiger partial charge in [-0.2, -0.15) is 0 Å². The van der Waals surface area contributed by atoms with Crippen LogP contribution in [0.4, 0.5) is 0 Å². The average Bonchev–Trinajstić information content (AvgIpc) is 2.07.